The minimum Gasteiger partial charge on any atom is -0.394 e. The highest BCUT2D eigenvalue weighted by Gasteiger charge is 2.20. The van der Waals surface area contributed by atoms with Gasteiger partial charge in [0, 0.05) is 6.42 Å². The van der Waals surface area contributed by atoms with Crippen LogP contribution in [-0.2, 0) is 4.79 Å². The minimum atomic E-state index is -0.659. The highest BCUT2D eigenvalue weighted by molar-refractivity contribution is 5.76. The molecule has 3 N–H and O–H groups in total. The maximum absolute atomic E-state index is 12.5. The summed E-state index contributed by atoms with van der Waals surface area (Å²) in [5.41, 5.74) is 0. The molecule has 57 heavy (non-hydrogen) atoms. The minimum absolute atomic E-state index is 0.0298. The molecule has 0 aliphatic heterocycles. The van der Waals surface area contributed by atoms with Gasteiger partial charge in [-0.1, -0.05) is 263 Å². The van der Waals surface area contributed by atoms with Gasteiger partial charge in [-0.3, -0.25) is 4.79 Å². The average Bonchev–Trinajstić information content (AvgIpc) is 3.22. The molecule has 2 atom stereocenters. The quantitative estimate of drug-likeness (QED) is 0.0424. The summed E-state index contributed by atoms with van der Waals surface area (Å²) in [5, 5.41) is 23.3. The Morgan fingerprint density at radius 3 is 1.05 bits per heavy atom. The van der Waals surface area contributed by atoms with Crippen molar-refractivity contribution in [3.8, 4) is 0 Å². The molecule has 0 saturated heterocycles. The largest absolute Gasteiger partial charge is 0.394 e. The molecule has 0 aromatic rings. The van der Waals surface area contributed by atoms with Crippen LogP contribution in [-0.4, -0.2) is 34.9 Å². The summed E-state index contributed by atoms with van der Waals surface area (Å²) in [7, 11) is 0. The number of hydrogen-bond acceptors (Lipinski definition) is 3. The molecule has 338 valence electrons. The molecular weight excluding hydrogens is 699 g/mol. The summed E-state index contributed by atoms with van der Waals surface area (Å²) in [6.45, 7) is 4.38. The van der Waals surface area contributed by atoms with E-state index in [4.69, 9.17) is 0 Å². The van der Waals surface area contributed by atoms with Crippen molar-refractivity contribution < 1.29 is 15.0 Å². The average molecular weight is 802 g/mol. The van der Waals surface area contributed by atoms with Gasteiger partial charge in [-0.2, -0.15) is 0 Å². The zero-order valence-electron chi connectivity index (χ0n) is 38.9. The highest BCUT2D eigenvalue weighted by Crippen LogP contribution is 2.17. The Morgan fingerprint density at radius 2 is 0.719 bits per heavy atom. The van der Waals surface area contributed by atoms with Crippen molar-refractivity contribution in [2.24, 2.45) is 0 Å². The lowest BCUT2D eigenvalue weighted by Crippen LogP contribution is -2.45. The number of carbonyl (C=O) groups is 1. The van der Waals surface area contributed by atoms with Gasteiger partial charge in [-0.25, -0.2) is 0 Å². The first-order valence-corrected chi connectivity index (χ1v) is 26.0. The van der Waals surface area contributed by atoms with Crippen LogP contribution in [0.15, 0.2) is 24.3 Å². The first-order chi connectivity index (χ1) is 28.2. The standard InChI is InChI=1S/C53H103NO3/c1-3-5-7-9-11-13-15-17-19-21-23-24-25-26-27-28-29-30-31-33-35-37-39-41-43-45-47-49-53(57)54-51(50-55)52(56)48-46-44-42-40-38-36-34-32-22-20-18-16-14-12-10-8-6-4-2/h23-24,26-27,51-52,55-56H,3-22,25,28-50H2,1-2H3,(H,54,57)/b24-23-,27-26-. The first-order valence-electron chi connectivity index (χ1n) is 26.0. The summed E-state index contributed by atoms with van der Waals surface area (Å²) < 4.78 is 0. The number of aliphatic hydroxyl groups is 2. The van der Waals surface area contributed by atoms with Crippen LogP contribution in [0, 0.1) is 0 Å². The molecule has 0 heterocycles. The number of nitrogens with one attached hydrogen (secondary N) is 1. The third kappa shape index (κ3) is 45.8. The molecule has 0 fully saturated rings. The van der Waals surface area contributed by atoms with E-state index in [0.29, 0.717) is 12.8 Å². The lowest BCUT2D eigenvalue weighted by molar-refractivity contribution is -0.123. The van der Waals surface area contributed by atoms with Crippen molar-refractivity contribution in [2.45, 2.75) is 302 Å². The van der Waals surface area contributed by atoms with E-state index in [9.17, 15) is 15.0 Å². The number of hydrogen-bond donors (Lipinski definition) is 3. The molecular formula is C53H103NO3. The van der Waals surface area contributed by atoms with Crippen LogP contribution in [0.1, 0.15) is 290 Å². The third-order valence-electron chi connectivity index (χ3n) is 12.2. The van der Waals surface area contributed by atoms with E-state index in [1.807, 2.05) is 0 Å². The van der Waals surface area contributed by atoms with E-state index < -0.39 is 12.1 Å². The number of carbonyl (C=O) groups excluding carboxylic acids is 1. The van der Waals surface area contributed by atoms with Gasteiger partial charge in [0.2, 0.25) is 5.91 Å². The zero-order chi connectivity index (χ0) is 41.4. The normalized spacial score (nSPS) is 13.0. The van der Waals surface area contributed by atoms with Crippen molar-refractivity contribution in [3.05, 3.63) is 24.3 Å². The van der Waals surface area contributed by atoms with Gasteiger partial charge in [0.15, 0.2) is 0 Å². The fourth-order valence-electron chi connectivity index (χ4n) is 8.22. The molecule has 0 aliphatic rings. The van der Waals surface area contributed by atoms with Gasteiger partial charge >= 0.3 is 0 Å². The fraction of sp³-hybridized carbons (Fsp3) is 0.906. The van der Waals surface area contributed by atoms with Crippen molar-refractivity contribution >= 4 is 5.91 Å². The van der Waals surface area contributed by atoms with Crippen LogP contribution in [0.25, 0.3) is 0 Å². The Balaban J connectivity index is 3.47. The van der Waals surface area contributed by atoms with Crippen LogP contribution in [0.4, 0.5) is 0 Å². The predicted molar refractivity (Wildman–Crippen MR) is 253 cm³/mol. The van der Waals surface area contributed by atoms with Crippen LogP contribution in [0.3, 0.4) is 0 Å². The summed E-state index contributed by atoms with van der Waals surface area (Å²) in [6, 6.07) is -0.536. The Bertz CT molecular complexity index is 825. The van der Waals surface area contributed by atoms with Gasteiger partial charge in [0.1, 0.15) is 0 Å². The maximum atomic E-state index is 12.5. The lowest BCUT2D eigenvalue weighted by Gasteiger charge is -2.22. The summed E-state index contributed by atoms with van der Waals surface area (Å²) >= 11 is 0. The van der Waals surface area contributed by atoms with Crippen molar-refractivity contribution in [3.63, 3.8) is 0 Å². The predicted octanol–water partition coefficient (Wildman–Crippen LogP) is 16.8. The molecule has 0 rings (SSSR count). The Morgan fingerprint density at radius 1 is 0.421 bits per heavy atom. The zero-order valence-corrected chi connectivity index (χ0v) is 38.9. The number of allylic oxidation sites excluding steroid dienone is 4. The molecule has 4 nitrogen and oxygen atoms in total. The first kappa shape index (κ1) is 55.9. The van der Waals surface area contributed by atoms with Gasteiger partial charge in [-0.05, 0) is 44.9 Å². The van der Waals surface area contributed by atoms with Crippen LogP contribution in [0.5, 0.6) is 0 Å². The van der Waals surface area contributed by atoms with E-state index in [0.717, 1.165) is 32.1 Å². The van der Waals surface area contributed by atoms with Gasteiger partial charge in [0.05, 0.1) is 18.8 Å². The molecule has 0 radical (unpaired) electrons. The van der Waals surface area contributed by atoms with E-state index in [1.165, 1.54) is 231 Å². The Hall–Kier alpha value is -1.13. The van der Waals surface area contributed by atoms with Crippen LogP contribution < -0.4 is 5.32 Å². The maximum Gasteiger partial charge on any atom is 0.220 e. The van der Waals surface area contributed by atoms with Gasteiger partial charge < -0.3 is 15.5 Å². The van der Waals surface area contributed by atoms with Crippen LogP contribution >= 0.6 is 0 Å². The molecule has 0 aromatic carbocycles. The van der Waals surface area contributed by atoms with Crippen LogP contribution in [0.2, 0.25) is 0 Å². The fourth-order valence-corrected chi connectivity index (χ4v) is 8.22. The molecule has 4 heteroatoms. The second-order valence-electron chi connectivity index (χ2n) is 17.9. The number of aliphatic hydroxyl groups excluding tert-OH is 2. The second kappa shape index (κ2) is 49.2. The molecule has 0 aromatic heterocycles. The topological polar surface area (TPSA) is 69.6 Å². The van der Waals surface area contributed by atoms with Gasteiger partial charge in [-0.15, -0.1) is 0 Å². The van der Waals surface area contributed by atoms with E-state index in [1.54, 1.807) is 0 Å². The highest BCUT2D eigenvalue weighted by atomic mass is 16.3. The van der Waals surface area contributed by atoms with E-state index in [-0.39, 0.29) is 12.5 Å². The monoisotopic (exact) mass is 802 g/mol. The number of amides is 1. The molecule has 0 saturated carbocycles. The summed E-state index contributed by atoms with van der Waals surface area (Å²) in [4.78, 5) is 12.5. The SMILES string of the molecule is CCCCCCCCCCC/C=C\C/C=C\CCCCCCCCCCCCCC(=O)NC(CO)C(O)CCCCCCCCCCCCCCCCCCCC. The van der Waals surface area contributed by atoms with Crippen molar-refractivity contribution in [1.82, 2.24) is 5.32 Å². The van der Waals surface area contributed by atoms with Gasteiger partial charge in [0.25, 0.3) is 0 Å². The molecule has 0 aliphatic carbocycles. The smallest absolute Gasteiger partial charge is 0.220 e. The Labute approximate surface area is 358 Å². The lowest BCUT2D eigenvalue weighted by atomic mass is 10.0. The van der Waals surface area contributed by atoms with E-state index >= 15 is 0 Å². The van der Waals surface area contributed by atoms with Crippen molar-refractivity contribution in [1.29, 1.82) is 0 Å². The summed E-state index contributed by atoms with van der Waals surface area (Å²) in [6.07, 6.45) is 64.3. The Kier molecular flexibility index (Phi) is 48.3. The van der Waals surface area contributed by atoms with Crippen molar-refractivity contribution in [2.75, 3.05) is 6.61 Å². The number of rotatable bonds is 48. The molecule has 2 unspecified atom stereocenters. The van der Waals surface area contributed by atoms with E-state index in [2.05, 4.69) is 43.5 Å². The molecule has 1 amide bonds. The molecule has 0 bridgehead atoms. The molecule has 0 spiro atoms. The third-order valence-corrected chi connectivity index (χ3v) is 12.2. The number of unbranched alkanes of at least 4 members (excludes halogenated alkanes) is 37. The summed E-state index contributed by atoms with van der Waals surface area (Å²) in [5.74, 6) is -0.0298. The second-order valence-corrected chi connectivity index (χ2v) is 17.9.